The minimum Gasteiger partial charge on any atom is -0.330 e. The second kappa shape index (κ2) is 7.40. The fourth-order valence-electron chi connectivity index (χ4n) is 2.06. The summed E-state index contributed by atoms with van der Waals surface area (Å²) in [6.45, 7) is 4.16. The van der Waals surface area contributed by atoms with E-state index in [1.165, 1.54) is 22.3 Å². The molecule has 0 unspecified atom stereocenters. The highest BCUT2D eigenvalue weighted by molar-refractivity contribution is 7.92. The minimum absolute atomic E-state index is 0.0968. The standard InChI is InChI=1S/C16H14F3NO3S2/c1-2-9-20(11-13-4-3-10-24-13)15(21)12-5-7-14(8-6-12)25(22,23)16(17,18)19/h2-8,10H,1,9,11H2. The van der Waals surface area contributed by atoms with E-state index in [1.807, 2.05) is 17.5 Å². The van der Waals surface area contributed by atoms with Gasteiger partial charge in [0.05, 0.1) is 11.4 Å². The van der Waals surface area contributed by atoms with Gasteiger partial charge in [0.2, 0.25) is 0 Å². The normalized spacial score (nSPS) is 12.0. The Balaban J connectivity index is 2.25. The van der Waals surface area contributed by atoms with Crippen LogP contribution < -0.4 is 0 Å². The van der Waals surface area contributed by atoms with E-state index in [0.29, 0.717) is 6.54 Å². The molecule has 134 valence electrons. The number of nitrogens with zero attached hydrogens (tertiary/aromatic N) is 1. The zero-order valence-electron chi connectivity index (χ0n) is 12.9. The second-order valence-corrected chi connectivity index (χ2v) is 8.00. The van der Waals surface area contributed by atoms with Crippen molar-refractivity contribution in [3.8, 4) is 0 Å². The molecular formula is C16H14F3NO3S2. The van der Waals surface area contributed by atoms with Crippen LogP contribution in [0.4, 0.5) is 13.2 Å². The molecule has 0 N–H and O–H groups in total. The van der Waals surface area contributed by atoms with Crippen molar-refractivity contribution in [2.75, 3.05) is 6.54 Å². The molecule has 1 aromatic carbocycles. The van der Waals surface area contributed by atoms with E-state index in [4.69, 9.17) is 0 Å². The molecule has 2 aromatic rings. The molecular weight excluding hydrogens is 375 g/mol. The van der Waals surface area contributed by atoms with Gasteiger partial charge in [0.25, 0.3) is 15.7 Å². The number of thiophene rings is 1. The molecule has 0 bridgehead atoms. The topological polar surface area (TPSA) is 54.5 Å². The van der Waals surface area contributed by atoms with Gasteiger partial charge in [0, 0.05) is 17.0 Å². The lowest BCUT2D eigenvalue weighted by atomic mass is 10.2. The number of rotatable bonds is 6. The molecule has 1 aromatic heterocycles. The van der Waals surface area contributed by atoms with Gasteiger partial charge in [-0.15, -0.1) is 17.9 Å². The van der Waals surface area contributed by atoms with Crippen LogP contribution in [0, 0.1) is 0 Å². The number of sulfone groups is 1. The van der Waals surface area contributed by atoms with Crippen molar-refractivity contribution >= 4 is 27.1 Å². The summed E-state index contributed by atoms with van der Waals surface area (Å²) >= 11 is 1.47. The van der Waals surface area contributed by atoms with Crippen molar-refractivity contribution in [1.29, 1.82) is 0 Å². The van der Waals surface area contributed by atoms with Crippen molar-refractivity contribution in [2.45, 2.75) is 16.9 Å². The molecule has 2 rings (SSSR count). The lowest BCUT2D eigenvalue weighted by Crippen LogP contribution is -2.30. The fourth-order valence-corrected chi connectivity index (χ4v) is 3.54. The van der Waals surface area contributed by atoms with E-state index >= 15 is 0 Å². The summed E-state index contributed by atoms with van der Waals surface area (Å²) < 4.78 is 60.3. The van der Waals surface area contributed by atoms with Crippen LogP contribution in [0.5, 0.6) is 0 Å². The average molecular weight is 389 g/mol. The quantitative estimate of drug-likeness (QED) is 0.705. The van der Waals surface area contributed by atoms with Crippen molar-refractivity contribution in [3.05, 3.63) is 64.9 Å². The molecule has 0 aliphatic heterocycles. The first-order valence-electron chi connectivity index (χ1n) is 7.01. The molecule has 25 heavy (non-hydrogen) atoms. The number of carbonyl (C=O) groups is 1. The molecule has 0 saturated heterocycles. The first kappa shape index (κ1) is 19.2. The Kier molecular flexibility index (Phi) is 5.69. The highest BCUT2D eigenvalue weighted by Crippen LogP contribution is 2.30. The van der Waals surface area contributed by atoms with Crippen LogP contribution in [-0.2, 0) is 16.4 Å². The van der Waals surface area contributed by atoms with Gasteiger partial charge in [0.15, 0.2) is 0 Å². The number of alkyl halides is 3. The summed E-state index contributed by atoms with van der Waals surface area (Å²) in [7, 11) is -5.43. The maximum absolute atomic E-state index is 12.5. The van der Waals surface area contributed by atoms with Crippen LogP contribution in [0.3, 0.4) is 0 Å². The van der Waals surface area contributed by atoms with Gasteiger partial charge < -0.3 is 4.90 Å². The SMILES string of the molecule is C=CCN(Cc1cccs1)C(=O)c1ccc(S(=O)(=O)C(F)(F)F)cc1. The van der Waals surface area contributed by atoms with Crippen LogP contribution in [0.15, 0.2) is 59.3 Å². The average Bonchev–Trinajstić information content (AvgIpc) is 3.06. The van der Waals surface area contributed by atoms with E-state index in [-0.39, 0.29) is 12.1 Å². The predicted molar refractivity (Wildman–Crippen MR) is 88.9 cm³/mol. The number of hydrogen-bond donors (Lipinski definition) is 0. The Bertz CT molecular complexity index is 842. The zero-order chi connectivity index (χ0) is 18.7. The Hall–Kier alpha value is -2.13. The van der Waals surface area contributed by atoms with Crippen LogP contribution in [0.25, 0.3) is 0 Å². The smallest absolute Gasteiger partial charge is 0.330 e. The molecule has 0 aliphatic carbocycles. The third kappa shape index (κ3) is 4.29. The Morgan fingerprint density at radius 2 is 1.84 bits per heavy atom. The highest BCUT2D eigenvalue weighted by atomic mass is 32.2. The molecule has 0 fully saturated rings. The van der Waals surface area contributed by atoms with Gasteiger partial charge in [-0.2, -0.15) is 13.2 Å². The summed E-state index contributed by atoms with van der Waals surface area (Å²) in [5.41, 5.74) is -5.29. The van der Waals surface area contributed by atoms with Crippen molar-refractivity contribution in [3.63, 3.8) is 0 Å². The predicted octanol–water partition coefficient (Wildman–Crippen LogP) is 3.87. The Labute approximate surface area is 147 Å². The van der Waals surface area contributed by atoms with Crippen LogP contribution in [0.2, 0.25) is 0 Å². The molecule has 0 atom stereocenters. The highest BCUT2D eigenvalue weighted by Gasteiger charge is 2.46. The number of amides is 1. The third-order valence-electron chi connectivity index (χ3n) is 3.28. The molecule has 0 radical (unpaired) electrons. The first-order valence-corrected chi connectivity index (χ1v) is 9.37. The Morgan fingerprint density at radius 1 is 1.20 bits per heavy atom. The van der Waals surface area contributed by atoms with Crippen molar-refractivity contribution < 1.29 is 26.4 Å². The van der Waals surface area contributed by atoms with Crippen LogP contribution in [-0.4, -0.2) is 31.3 Å². The summed E-state index contributed by atoms with van der Waals surface area (Å²) in [5.74, 6) is -0.427. The molecule has 1 amide bonds. The summed E-state index contributed by atoms with van der Waals surface area (Å²) in [4.78, 5) is 14.0. The van der Waals surface area contributed by atoms with E-state index in [1.54, 1.807) is 0 Å². The van der Waals surface area contributed by atoms with Gasteiger partial charge in [-0.1, -0.05) is 12.1 Å². The summed E-state index contributed by atoms with van der Waals surface area (Å²) in [6.07, 6.45) is 1.54. The van der Waals surface area contributed by atoms with Gasteiger partial charge in [-0.25, -0.2) is 8.42 Å². The van der Waals surface area contributed by atoms with E-state index < -0.39 is 26.1 Å². The zero-order valence-corrected chi connectivity index (χ0v) is 14.5. The van der Waals surface area contributed by atoms with Gasteiger partial charge in [-0.3, -0.25) is 4.79 Å². The van der Waals surface area contributed by atoms with Crippen LogP contribution >= 0.6 is 11.3 Å². The fraction of sp³-hybridized carbons (Fsp3) is 0.188. The van der Waals surface area contributed by atoms with E-state index in [0.717, 1.165) is 29.1 Å². The Morgan fingerprint density at radius 3 is 2.32 bits per heavy atom. The number of halogens is 3. The lowest BCUT2D eigenvalue weighted by Gasteiger charge is -2.20. The van der Waals surface area contributed by atoms with Gasteiger partial charge >= 0.3 is 5.51 Å². The van der Waals surface area contributed by atoms with Crippen molar-refractivity contribution in [1.82, 2.24) is 4.90 Å². The largest absolute Gasteiger partial charge is 0.501 e. The summed E-state index contributed by atoms with van der Waals surface area (Å²) in [6, 6.07) is 7.41. The molecule has 1 heterocycles. The summed E-state index contributed by atoms with van der Waals surface area (Å²) in [5, 5.41) is 1.86. The van der Waals surface area contributed by atoms with Crippen molar-refractivity contribution in [2.24, 2.45) is 0 Å². The van der Waals surface area contributed by atoms with Crippen LogP contribution in [0.1, 0.15) is 15.2 Å². The molecule has 9 heteroatoms. The first-order chi connectivity index (χ1) is 11.7. The maximum atomic E-state index is 12.5. The second-order valence-electron chi connectivity index (χ2n) is 5.03. The number of hydrogen-bond acceptors (Lipinski definition) is 4. The molecule has 4 nitrogen and oxygen atoms in total. The van der Waals surface area contributed by atoms with Gasteiger partial charge in [0.1, 0.15) is 0 Å². The van der Waals surface area contributed by atoms with E-state index in [9.17, 15) is 26.4 Å². The van der Waals surface area contributed by atoms with Gasteiger partial charge in [-0.05, 0) is 35.7 Å². The molecule has 0 saturated carbocycles. The monoisotopic (exact) mass is 389 g/mol. The number of benzene rings is 1. The third-order valence-corrected chi connectivity index (χ3v) is 5.64. The number of carbonyl (C=O) groups excluding carboxylic acids is 1. The van der Waals surface area contributed by atoms with E-state index in [2.05, 4.69) is 6.58 Å². The molecule has 0 aliphatic rings. The molecule has 0 spiro atoms. The lowest BCUT2D eigenvalue weighted by molar-refractivity contribution is -0.0436. The minimum atomic E-state index is -5.43. The maximum Gasteiger partial charge on any atom is 0.501 e.